The summed E-state index contributed by atoms with van der Waals surface area (Å²) in [6, 6.07) is 0.359. The Bertz CT molecular complexity index is 400. The van der Waals surface area contributed by atoms with E-state index in [1.807, 2.05) is 13.1 Å². The lowest BCUT2D eigenvalue weighted by molar-refractivity contribution is -0.133. The van der Waals surface area contributed by atoms with Crippen molar-refractivity contribution < 1.29 is 9.90 Å². The molecule has 0 aliphatic rings. The number of aromatic nitrogens is 2. The number of rotatable bonds is 7. The predicted molar refractivity (Wildman–Crippen MR) is 74.1 cm³/mol. The van der Waals surface area contributed by atoms with Crippen LogP contribution in [0.25, 0.3) is 0 Å². The van der Waals surface area contributed by atoms with Crippen molar-refractivity contribution in [1.82, 2.24) is 9.55 Å². The molecule has 0 radical (unpaired) electrons. The fraction of sp³-hybridized carbons (Fsp3) is 0.692. The van der Waals surface area contributed by atoms with Crippen LogP contribution in [0.5, 0.6) is 0 Å². The number of hydrogen-bond acceptors (Lipinski definition) is 3. The third kappa shape index (κ3) is 3.77. The maximum Gasteiger partial charge on any atom is 0.313 e. The Labute approximate surface area is 113 Å². The summed E-state index contributed by atoms with van der Waals surface area (Å²) in [5.41, 5.74) is 0.945. The number of carbonyl (C=O) groups is 1. The lowest BCUT2D eigenvalue weighted by Gasteiger charge is -2.24. The van der Waals surface area contributed by atoms with Gasteiger partial charge in [-0.1, -0.05) is 38.5 Å². The molecule has 0 aromatic carbocycles. The molecule has 1 aromatic heterocycles. The van der Waals surface area contributed by atoms with Crippen LogP contribution in [-0.2, 0) is 4.79 Å². The molecule has 0 spiro atoms. The van der Waals surface area contributed by atoms with Gasteiger partial charge in [-0.3, -0.25) is 4.79 Å². The van der Waals surface area contributed by atoms with Crippen LogP contribution in [0.1, 0.15) is 45.3 Å². The van der Waals surface area contributed by atoms with Crippen LogP contribution in [0.4, 0.5) is 0 Å². The second kappa shape index (κ2) is 6.83. The highest BCUT2D eigenvalue weighted by Gasteiger charge is 2.19. The Morgan fingerprint density at radius 1 is 1.50 bits per heavy atom. The van der Waals surface area contributed by atoms with E-state index in [1.54, 1.807) is 0 Å². The molecule has 0 saturated carbocycles. The van der Waals surface area contributed by atoms with E-state index in [9.17, 15) is 4.79 Å². The normalized spacial score (nSPS) is 12.9. The van der Waals surface area contributed by atoms with Gasteiger partial charge in [-0.2, -0.15) is 0 Å². The van der Waals surface area contributed by atoms with Crippen molar-refractivity contribution in [2.75, 3.05) is 5.75 Å². The average molecular weight is 270 g/mol. The molecule has 1 unspecified atom stereocenters. The van der Waals surface area contributed by atoms with Crippen LogP contribution >= 0.6 is 11.8 Å². The number of aliphatic carboxylic acids is 1. The molecule has 0 aliphatic heterocycles. The summed E-state index contributed by atoms with van der Waals surface area (Å²) in [6.07, 6.45) is 4.27. The van der Waals surface area contributed by atoms with Gasteiger partial charge in [0.25, 0.3) is 0 Å². The quantitative estimate of drug-likeness (QED) is 0.772. The van der Waals surface area contributed by atoms with Crippen LogP contribution in [-0.4, -0.2) is 26.4 Å². The summed E-state index contributed by atoms with van der Waals surface area (Å²) in [6.45, 7) is 8.52. The Kier molecular flexibility index (Phi) is 5.72. The fourth-order valence-electron chi connectivity index (χ4n) is 2.22. The van der Waals surface area contributed by atoms with Crippen LogP contribution in [0.2, 0.25) is 0 Å². The van der Waals surface area contributed by atoms with Gasteiger partial charge in [0.1, 0.15) is 0 Å². The molecule has 1 heterocycles. The van der Waals surface area contributed by atoms with E-state index in [-0.39, 0.29) is 5.75 Å². The van der Waals surface area contributed by atoms with Gasteiger partial charge in [-0.05, 0) is 19.8 Å². The van der Waals surface area contributed by atoms with Crippen molar-refractivity contribution in [3.05, 3.63) is 11.9 Å². The molecule has 0 bridgehead atoms. The molecule has 1 rings (SSSR count). The molecule has 0 fully saturated rings. The van der Waals surface area contributed by atoms with Crippen molar-refractivity contribution in [2.45, 2.75) is 51.7 Å². The molecule has 0 amide bonds. The van der Waals surface area contributed by atoms with Gasteiger partial charge in [-0.15, -0.1) is 0 Å². The molecule has 1 N–H and O–H groups in total. The SMILES string of the molecule is CCC(CC)C(C)n1cc(C)nc1SCC(=O)O. The van der Waals surface area contributed by atoms with E-state index in [2.05, 4.69) is 30.3 Å². The zero-order valence-corrected chi connectivity index (χ0v) is 12.3. The topological polar surface area (TPSA) is 55.1 Å². The van der Waals surface area contributed by atoms with Gasteiger partial charge in [0.15, 0.2) is 5.16 Å². The lowest BCUT2D eigenvalue weighted by Crippen LogP contribution is -2.16. The van der Waals surface area contributed by atoms with Crippen LogP contribution in [0.3, 0.4) is 0 Å². The molecule has 4 nitrogen and oxygen atoms in total. The monoisotopic (exact) mass is 270 g/mol. The third-order valence-electron chi connectivity index (χ3n) is 3.31. The van der Waals surface area contributed by atoms with Crippen LogP contribution in [0.15, 0.2) is 11.4 Å². The minimum Gasteiger partial charge on any atom is -0.481 e. The number of carboxylic acid groups (broad SMARTS) is 1. The number of thioether (sulfide) groups is 1. The molecular formula is C13H22N2O2S. The van der Waals surface area contributed by atoms with Gasteiger partial charge >= 0.3 is 5.97 Å². The number of aryl methyl sites for hydroxylation is 1. The van der Waals surface area contributed by atoms with E-state index >= 15 is 0 Å². The van der Waals surface area contributed by atoms with Crippen LogP contribution < -0.4 is 0 Å². The maximum absolute atomic E-state index is 10.6. The fourth-order valence-corrected chi connectivity index (χ4v) is 3.05. The largest absolute Gasteiger partial charge is 0.481 e. The zero-order chi connectivity index (χ0) is 13.7. The van der Waals surface area contributed by atoms with Gasteiger partial charge in [0.2, 0.25) is 0 Å². The summed E-state index contributed by atoms with van der Waals surface area (Å²) < 4.78 is 2.13. The van der Waals surface area contributed by atoms with E-state index in [0.717, 1.165) is 23.7 Å². The third-order valence-corrected chi connectivity index (χ3v) is 4.26. The summed E-state index contributed by atoms with van der Waals surface area (Å²) in [4.78, 5) is 15.1. The van der Waals surface area contributed by atoms with E-state index in [1.165, 1.54) is 11.8 Å². The summed E-state index contributed by atoms with van der Waals surface area (Å²) >= 11 is 1.30. The smallest absolute Gasteiger partial charge is 0.313 e. The minimum atomic E-state index is -0.803. The number of hydrogen-bond donors (Lipinski definition) is 1. The Hall–Kier alpha value is -0.970. The molecule has 102 valence electrons. The van der Waals surface area contributed by atoms with Crippen molar-refractivity contribution in [1.29, 1.82) is 0 Å². The maximum atomic E-state index is 10.6. The Morgan fingerprint density at radius 3 is 2.61 bits per heavy atom. The van der Waals surface area contributed by atoms with Gasteiger partial charge in [0.05, 0.1) is 11.4 Å². The summed E-state index contributed by atoms with van der Waals surface area (Å²) in [5, 5.41) is 9.57. The van der Waals surface area contributed by atoms with Crippen LogP contribution in [0, 0.1) is 12.8 Å². The van der Waals surface area contributed by atoms with Gasteiger partial charge in [0, 0.05) is 12.2 Å². The van der Waals surface area contributed by atoms with Crippen molar-refractivity contribution in [3.8, 4) is 0 Å². The first-order valence-corrected chi connectivity index (χ1v) is 7.38. The Morgan fingerprint density at radius 2 is 2.11 bits per heavy atom. The standard InChI is InChI=1S/C13H22N2O2S/c1-5-11(6-2)10(4)15-7-9(3)14-13(15)18-8-12(16)17/h7,10-11H,5-6,8H2,1-4H3,(H,16,17). The first kappa shape index (κ1) is 15.1. The van der Waals surface area contributed by atoms with Crippen molar-refractivity contribution in [3.63, 3.8) is 0 Å². The Balaban J connectivity index is 2.89. The molecular weight excluding hydrogens is 248 g/mol. The predicted octanol–water partition coefficient (Wildman–Crippen LogP) is 3.37. The molecule has 1 atom stereocenters. The first-order valence-electron chi connectivity index (χ1n) is 6.39. The summed E-state index contributed by atoms with van der Waals surface area (Å²) in [7, 11) is 0. The van der Waals surface area contributed by atoms with Crippen molar-refractivity contribution >= 4 is 17.7 Å². The second-order valence-corrected chi connectivity index (χ2v) is 5.51. The minimum absolute atomic E-state index is 0.0616. The summed E-state index contributed by atoms with van der Waals surface area (Å²) in [5.74, 6) is -0.142. The number of imidazole rings is 1. The van der Waals surface area contributed by atoms with E-state index in [4.69, 9.17) is 5.11 Å². The average Bonchev–Trinajstić information content (AvgIpc) is 2.69. The van der Waals surface area contributed by atoms with Gasteiger partial charge in [-0.25, -0.2) is 4.98 Å². The lowest BCUT2D eigenvalue weighted by atomic mass is 9.95. The highest BCUT2D eigenvalue weighted by atomic mass is 32.2. The number of nitrogens with zero attached hydrogens (tertiary/aromatic N) is 2. The molecule has 1 aromatic rings. The molecule has 0 saturated heterocycles. The molecule has 0 aliphatic carbocycles. The molecule has 5 heteroatoms. The number of carboxylic acids is 1. The highest BCUT2D eigenvalue weighted by Crippen LogP contribution is 2.29. The van der Waals surface area contributed by atoms with Gasteiger partial charge < -0.3 is 9.67 Å². The van der Waals surface area contributed by atoms with E-state index in [0.29, 0.717) is 12.0 Å². The second-order valence-electron chi connectivity index (χ2n) is 4.57. The first-order chi connectivity index (χ1) is 8.49. The zero-order valence-electron chi connectivity index (χ0n) is 11.5. The van der Waals surface area contributed by atoms with Crippen molar-refractivity contribution in [2.24, 2.45) is 5.92 Å². The van der Waals surface area contributed by atoms with E-state index < -0.39 is 5.97 Å². The highest BCUT2D eigenvalue weighted by molar-refractivity contribution is 7.99. The molecule has 18 heavy (non-hydrogen) atoms.